The third-order valence-corrected chi connectivity index (χ3v) is 14.1. The Bertz CT molecular complexity index is 5740. The van der Waals surface area contributed by atoms with E-state index in [1.807, 2.05) is 72.8 Å². The largest absolute Gasteiger partial charge is 0.310 e. The molecule has 0 radical (unpaired) electrons. The van der Waals surface area contributed by atoms with E-state index in [4.69, 9.17) is 16.4 Å². The zero-order chi connectivity index (χ0) is 74.4. The van der Waals surface area contributed by atoms with Crippen molar-refractivity contribution in [1.82, 2.24) is 0 Å². The van der Waals surface area contributed by atoms with E-state index in [-0.39, 0.29) is 5.69 Å². The van der Waals surface area contributed by atoms with Crippen molar-refractivity contribution in [2.24, 2.45) is 0 Å². The van der Waals surface area contributed by atoms with Crippen LogP contribution in [-0.2, 0) is 5.41 Å². The molecule has 0 fully saturated rings. The van der Waals surface area contributed by atoms with E-state index in [0.29, 0.717) is 11.1 Å². The molecule has 1 aliphatic rings. The minimum Gasteiger partial charge on any atom is -0.310 e. The molecule has 1 heterocycles. The molecule has 0 saturated carbocycles. The predicted molar refractivity (Wildman–Crippen MR) is 311 cm³/mol. The maximum atomic E-state index is 10.6. The molecular weight excluding hydrogens is 899 g/mol. The maximum absolute atomic E-state index is 10.6. The molecule has 2 heteroatoms. The van der Waals surface area contributed by atoms with Crippen LogP contribution < -0.4 is 4.90 Å². The van der Waals surface area contributed by atoms with Crippen LogP contribution in [0, 0.1) is 0 Å². The fourth-order valence-corrected chi connectivity index (χ4v) is 11.1. The average Bonchev–Trinajstić information content (AvgIpc) is 1.51. The first-order valence-electron chi connectivity index (χ1n) is 37.7. The molecule has 73 heavy (non-hydrogen) atoms. The number of benzene rings is 12. The van der Waals surface area contributed by atoms with Gasteiger partial charge in [0.1, 0.15) is 0 Å². The Labute approximate surface area is 472 Å². The number of thiophene rings is 1. The first kappa shape index (κ1) is 22.1. The third kappa shape index (κ3) is 7.06. The summed E-state index contributed by atoms with van der Waals surface area (Å²) < 4.78 is 286. The monoisotopic (exact) mass is 976 g/mol. The van der Waals surface area contributed by atoms with Gasteiger partial charge in [0.15, 0.2) is 0 Å². The average molecular weight is 976 g/mol. The van der Waals surface area contributed by atoms with Crippen LogP contribution in [-0.4, -0.2) is 0 Å². The minimum absolute atomic E-state index is 0.338. The van der Waals surface area contributed by atoms with E-state index in [1.54, 1.807) is 23.5 Å². The highest BCUT2D eigenvalue weighted by atomic mass is 32.1. The molecule has 12 aromatic carbocycles. The van der Waals surface area contributed by atoms with Gasteiger partial charge in [-0.3, -0.25) is 0 Å². The molecule has 1 nitrogen and oxygen atoms in total. The van der Waals surface area contributed by atoms with Crippen molar-refractivity contribution < 1.29 is 41.1 Å². The zero-order valence-electron chi connectivity index (χ0n) is 67.7. The van der Waals surface area contributed by atoms with Crippen LogP contribution in [0.25, 0.3) is 86.6 Å². The van der Waals surface area contributed by atoms with Crippen LogP contribution in [0.1, 0.15) is 63.4 Å². The molecule has 13 aromatic rings. The van der Waals surface area contributed by atoms with Gasteiger partial charge in [0.25, 0.3) is 0 Å². The lowest BCUT2D eigenvalue weighted by molar-refractivity contribution is 0.768. The summed E-state index contributed by atoms with van der Waals surface area (Å²) in [6.07, 6.45) is 0. The molecule has 0 saturated heterocycles. The van der Waals surface area contributed by atoms with E-state index in [9.17, 15) is 24.7 Å². The summed E-state index contributed by atoms with van der Waals surface area (Å²) in [5.74, 6) is 0. The van der Waals surface area contributed by atoms with Gasteiger partial charge in [0, 0.05) is 37.1 Å². The highest BCUT2D eigenvalue weighted by Crippen LogP contribution is 2.60. The van der Waals surface area contributed by atoms with Crippen molar-refractivity contribution in [2.45, 2.75) is 5.41 Å². The Balaban J connectivity index is 1.21. The maximum Gasteiger partial charge on any atom is 0.0714 e. The predicted octanol–water partition coefficient (Wildman–Crippen LogP) is 19.7. The quantitative estimate of drug-likeness (QED) is 0.139. The zero-order valence-corrected chi connectivity index (χ0v) is 38.5. The van der Waals surface area contributed by atoms with Crippen LogP contribution in [0.5, 0.6) is 0 Å². The van der Waals surface area contributed by atoms with E-state index >= 15 is 0 Å². The van der Waals surface area contributed by atoms with Gasteiger partial charge < -0.3 is 4.90 Å². The van der Waals surface area contributed by atoms with Gasteiger partial charge in [-0.25, -0.2) is 0 Å². The number of fused-ring (bicyclic) bond motifs is 7. The van der Waals surface area contributed by atoms with Crippen molar-refractivity contribution in [3.8, 4) is 55.6 Å². The number of nitrogens with zero attached hydrogens (tertiary/aromatic N) is 1. The summed E-state index contributed by atoms with van der Waals surface area (Å²) >= 11 is 1.59. The highest BCUT2D eigenvalue weighted by Gasteiger charge is 2.47. The van der Waals surface area contributed by atoms with Crippen molar-refractivity contribution in [3.63, 3.8) is 0 Å². The van der Waals surface area contributed by atoms with E-state index in [2.05, 4.69) is 6.07 Å². The Morgan fingerprint density at radius 2 is 0.932 bits per heavy atom. The van der Waals surface area contributed by atoms with Gasteiger partial charge in [-0.15, -0.1) is 11.3 Å². The van der Waals surface area contributed by atoms with Crippen molar-refractivity contribution in [3.05, 3.63) is 307 Å². The van der Waals surface area contributed by atoms with Crippen LogP contribution >= 0.6 is 11.3 Å². The van der Waals surface area contributed by atoms with Crippen LogP contribution in [0.2, 0.25) is 0 Å². The number of hydrogen-bond acceptors (Lipinski definition) is 2. The lowest BCUT2D eigenvalue weighted by atomic mass is 9.68. The molecule has 14 rings (SSSR count). The molecule has 0 aliphatic heterocycles. The second-order valence-corrected chi connectivity index (χ2v) is 17.9. The summed E-state index contributed by atoms with van der Waals surface area (Å²) in [5, 5.41) is 3.70. The molecule has 1 aliphatic carbocycles. The molecular formula is C71H47NS. The summed E-state index contributed by atoms with van der Waals surface area (Å²) in [6.45, 7) is 0. The molecule has 0 unspecified atom stereocenters. The number of hydrogen-bond donors (Lipinski definition) is 0. The standard InChI is InChI=1S/C71H47NS/c1-5-20-48(21-6-1)53-44-54(49-22-7-2-8-23-49)46-58(45-53)72(66-34-19-33-65-70(66)63-31-15-17-32-64(63)71(65,55-25-9-3-10-26-55)56-27-11-4-12-28-56)57-40-36-51(37-41-57)60-42-38-50-24-13-14-29-59(50)69(60)52-39-43-62-61-30-16-18-35-67(61)73-68(62)47-52/h1-47H/i1D,2D,3D,4D,5D,6D,7D,8D,9D,10D,11D,12D,15D,17D,19D,20D,21D,22D,23D,25D,26D,27D,28D,31D,32D,33D,34D,44D,45D,46D. The Kier molecular flexibility index (Phi) is 5.35. The first-order chi connectivity index (χ1) is 48.7. The minimum atomic E-state index is -3.38. The van der Waals surface area contributed by atoms with Gasteiger partial charge in [-0.1, -0.05) is 236 Å². The van der Waals surface area contributed by atoms with Crippen molar-refractivity contribution in [2.75, 3.05) is 4.90 Å². The van der Waals surface area contributed by atoms with Gasteiger partial charge in [-0.05, 0) is 132 Å². The summed E-state index contributed by atoms with van der Waals surface area (Å²) in [6, 6.07) is -1.99. The Morgan fingerprint density at radius 3 is 1.63 bits per heavy atom. The van der Waals surface area contributed by atoms with Crippen molar-refractivity contribution >= 4 is 59.3 Å². The normalized spacial score (nSPS) is 18.2. The van der Waals surface area contributed by atoms with Gasteiger partial charge in [0.05, 0.1) is 52.2 Å². The SMILES string of the molecule is [2H]c1c([2H])c([2H])c(-c2c([2H])c(-c3c([2H])c([2H])c([2H])c([2H])c3[2H])c([2H])c(N(c3ccc(-c4ccc5ccccc5c4-c4ccc5c(c4)sc4ccccc45)cc3)c3c([2H])c([2H])c([2H])c4c3-c3c([2H])c([2H])c([2H])c([2H])c3C4(c3c([2H])c([2H])c([2H])c([2H])c3[2H])c3c([2H])c([2H])c([2H])c([2H])c3[2H])c2[2H])c([2H])c1[2H]. The lowest BCUT2D eigenvalue weighted by Gasteiger charge is -2.34. The molecule has 342 valence electrons. The Hall–Kier alpha value is -9.08. The fourth-order valence-electron chi connectivity index (χ4n) is 9.93. The first-order valence-corrected chi connectivity index (χ1v) is 23.5. The van der Waals surface area contributed by atoms with E-state index in [0.717, 1.165) is 47.0 Å². The van der Waals surface area contributed by atoms with Crippen LogP contribution in [0.3, 0.4) is 0 Å². The summed E-state index contributed by atoms with van der Waals surface area (Å²) in [7, 11) is 0. The molecule has 0 spiro atoms. The Morgan fingerprint density at radius 1 is 0.356 bits per heavy atom. The second kappa shape index (κ2) is 17.6. The lowest BCUT2D eigenvalue weighted by Crippen LogP contribution is -2.28. The summed E-state index contributed by atoms with van der Waals surface area (Å²) in [4.78, 5) is 0.839. The second-order valence-electron chi connectivity index (χ2n) is 16.8. The van der Waals surface area contributed by atoms with Crippen LogP contribution in [0.15, 0.2) is 284 Å². The molecule has 0 N–H and O–H groups in total. The van der Waals surface area contributed by atoms with E-state index in [1.165, 1.54) is 12.1 Å². The molecule has 0 atom stereocenters. The van der Waals surface area contributed by atoms with Crippen LogP contribution in [0.4, 0.5) is 17.1 Å². The smallest absolute Gasteiger partial charge is 0.0714 e. The van der Waals surface area contributed by atoms with Gasteiger partial charge >= 0.3 is 0 Å². The topological polar surface area (TPSA) is 3.24 Å². The fraction of sp³-hybridized carbons (Fsp3) is 0.0141. The van der Waals surface area contributed by atoms with Crippen molar-refractivity contribution in [1.29, 1.82) is 0 Å². The molecule has 0 bridgehead atoms. The highest BCUT2D eigenvalue weighted by molar-refractivity contribution is 7.25. The van der Waals surface area contributed by atoms with Gasteiger partial charge in [0.2, 0.25) is 0 Å². The number of rotatable bonds is 9. The van der Waals surface area contributed by atoms with E-state index < -0.39 is 254 Å². The summed E-state index contributed by atoms with van der Waals surface area (Å²) in [5.41, 5.74) is -12.7. The third-order valence-electron chi connectivity index (χ3n) is 13.0. The molecule has 1 aromatic heterocycles. The molecule has 0 amide bonds. The van der Waals surface area contributed by atoms with Gasteiger partial charge in [-0.2, -0.15) is 0 Å². The number of anilines is 3.